The second-order valence-electron chi connectivity index (χ2n) is 5.44. The summed E-state index contributed by atoms with van der Waals surface area (Å²) >= 11 is 0. The average molecular weight is 282 g/mol. The highest BCUT2D eigenvalue weighted by molar-refractivity contribution is 5.68. The van der Waals surface area contributed by atoms with E-state index in [-0.39, 0.29) is 12.4 Å². The fourth-order valence-electron chi connectivity index (χ4n) is 2.91. The maximum absolute atomic E-state index is 13.5. The molecule has 1 aliphatic rings. The van der Waals surface area contributed by atoms with E-state index in [0.717, 1.165) is 19.4 Å². The Morgan fingerprint density at radius 2 is 2.05 bits per heavy atom. The van der Waals surface area contributed by atoms with Crippen molar-refractivity contribution < 1.29 is 14.2 Å². The second kappa shape index (κ2) is 6.79. The van der Waals surface area contributed by atoms with E-state index >= 15 is 0 Å². The van der Waals surface area contributed by atoms with E-state index in [1.165, 1.54) is 26.0 Å². The first-order valence-corrected chi connectivity index (χ1v) is 7.13. The molecule has 112 valence electrons. The molecule has 5 heteroatoms. The molecule has 0 saturated heterocycles. The summed E-state index contributed by atoms with van der Waals surface area (Å²) in [5.41, 5.74) is 6.88. The van der Waals surface area contributed by atoms with E-state index in [2.05, 4.69) is 5.32 Å². The van der Waals surface area contributed by atoms with Crippen LogP contribution in [0, 0.1) is 17.7 Å². The van der Waals surface area contributed by atoms with Crippen LogP contribution < -0.4 is 15.8 Å². The van der Waals surface area contributed by atoms with Gasteiger partial charge in [-0.3, -0.25) is 0 Å². The van der Waals surface area contributed by atoms with Crippen molar-refractivity contribution in [3.63, 3.8) is 0 Å². The highest BCUT2D eigenvalue weighted by Gasteiger charge is 2.24. The van der Waals surface area contributed by atoms with Gasteiger partial charge in [-0.1, -0.05) is 12.8 Å². The lowest BCUT2D eigenvalue weighted by atomic mass is 9.79. The molecule has 4 nitrogen and oxygen atoms in total. The van der Waals surface area contributed by atoms with Gasteiger partial charge < -0.3 is 20.9 Å². The quantitative estimate of drug-likeness (QED) is 0.726. The summed E-state index contributed by atoms with van der Waals surface area (Å²) in [6.07, 6.45) is 4.57. The van der Waals surface area contributed by atoms with Crippen LogP contribution in [0.25, 0.3) is 0 Å². The van der Waals surface area contributed by atoms with Gasteiger partial charge in [0.1, 0.15) is 0 Å². The zero-order valence-corrected chi connectivity index (χ0v) is 11.9. The number of hydrogen-bond acceptors (Lipinski definition) is 4. The first-order chi connectivity index (χ1) is 9.65. The van der Waals surface area contributed by atoms with Crippen LogP contribution in [0.1, 0.15) is 25.7 Å². The maximum atomic E-state index is 13.5. The number of nitrogen functional groups attached to an aromatic ring is 1. The third-order valence-corrected chi connectivity index (χ3v) is 4.18. The van der Waals surface area contributed by atoms with E-state index in [1.807, 2.05) is 0 Å². The van der Waals surface area contributed by atoms with Gasteiger partial charge >= 0.3 is 0 Å². The SMILES string of the molecule is COc1cc(NCC2CCCCC2CO)c(N)cc1F. The van der Waals surface area contributed by atoms with Crippen molar-refractivity contribution in [2.75, 3.05) is 31.3 Å². The molecular formula is C15H23FN2O2. The summed E-state index contributed by atoms with van der Waals surface area (Å²) in [5.74, 6) is 0.509. The highest BCUT2D eigenvalue weighted by Crippen LogP contribution is 2.32. The number of halogens is 1. The molecule has 1 aromatic carbocycles. The largest absolute Gasteiger partial charge is 0.494 e. The van der Waals surface area contributed by atoms with Gasteiger partial charge in [-0.15, -0.1) is 0 Å². The Morgan fingerprint density at radius 3 is 2.70 bits per heavy atom. The van der Waals surface area contributed by atoms with Crippen LogP contribution in [-0.2, 0) is 0 Å². The summed E-state index contributed by atoms with van der Waals surface area (Å²) in [6.45, 7) is 0.971. The minimum Gasteiger partial charge on any atom is -0.494 e. The van der Waals surface area contributed by atoms with Crippen molar-refractivity contribution in [3.05, 3.63) is 17.9 Å². The molecule has 0 amide bonds. The van der Waals surface area contributed by atoms with Crippen LogP contribution in [0.2, 0.25) is 0 Å². The predicted octanol–water partition coefficient (Wildman–Crippen LogP) is 2.63. The van der Waals surface area contributed by atoms with Crippen LogP contribution in [0.5, 0.6) is 5.75 Å². The van der Waals surface area contributed by atoms with Gasteiger partial charge in [-0.05, 0) is 24.7 Å². The molecule has 1 saturated carbocycles. The standard InChI is InChI=1S/C15H23FN2O2/c1-20-15-7-14(13(17)6-12(15)16)18-8-10-4-2-3-5-11(10)9-19/h6-7,10-11,18-19H,2-5,8-9,17H2,1H3. The predicted molar refractivity (Wildman–Crippen MR) is 78.4 cm³/mol. The minimum absolute atomic E-state index is 0.184. The van der Waals surface area contributed by atoms with Crippen LogP contribution in [0.15, 0.2) is 12.1 Å². The molecule has 4 N–H and O–H groups in total. The van der Waals surface area contributed by atoms with Crippen LogP contribution in [0.3, 0.4) is 0 Å². The third-order valence-electron chi connectivity index (χ3n) is 4.18. The van der Waals surface area contributed by atoms with Gasteiger partial charge in [0, 0.05) is 25.3 Å². The number of nitrogens with one attached hydrogen (secondary N) is 1. The monoisotopic (exact) mass is 282 g/mol. The van der Waals surface area contributed by atoms with Crippen molar-refractivity contribution >= 4 is 11.4 Å². The molecule has 0 radical (unpaired) electrons. The fourth-order valence-corrected chi connectivity index (χ4v) is 2.91. The number of hydrogen-bond donors (Lipinski definition) is 3. The van der Waals surface area contributed by atoms with Gasteiger partial charge in [-0.25, -0.2) is 4.39 Å². The molecule has 1 aromatic rings. The molecule has 20 heavy (non-hydrogen) atoms. The third kappa shape index (κ3) is 3.33. The Hall–Kier alpha value is -1.49. The topological polar surface area (TPSA) is 67.5 Å². The van der Waals surface area contributed by atoms with E-state index in [1.54, 1.807) is 6.07 Å². The average Bonchev–Trinajstić information content (AvgIpc) is 2.46. The Bertz CT molecular complexity index is 454. The lowest BCUT2D eigenvalue weighted by Crippen LogP contribution is -2.28. The molecule has 1 fully saturated rings. The fraction of sp³-hybridized carbons (Fsp3) is 0.600. The van der Waals surface area contributed by atoms with Crippen molar-refractivity contribution in [2.24, 2.45) is 11.8 Å². The van der Waals surface area contributed by atoms with E-state index in [0.29, 0.717) is 23.2 Å². The van der Waals surface area contributed by atoms with Gasteiger partial charge in [0.05, 0.1) is 18.5 Å². The van der Waals surface area contributed by atoms with Gasteiger partial charge in [0.2, 0.25) is 0 Å². The molecule has 0 spiro atoms. The molecule has 2 atom stereocenters. The van der Waals surface area contributed by atoms with Crippen LogP contribution in [0.4, 0.5) is 15.8 Å². The smallest absolute Gasteiger partial charge is 0.167 e. The van der Waals surface area contributed by atoms with Gasteiger partial charge in [0.15, 0.2) is 11.6 Å². The lowest BCUT2D eigenvalue weighted by Gasteiger charge is -2.30. The molecule has 2 rings (SSSR count). The minimum atomic E-state index is -0.457. The summed E-state index contributed by atoms with van der Waals surface area (Å²) in [5, 5.41) is 12.7. The zero-order chi connectivity index (χ0) is 14.5. The molecule has 0 bridgehead atoms. The van der Waals surface area contributed by atoms with Crippen molar-refractivity contribution in [1.29, 1.82) is 0 Å². The van der Waals surface area contributed by atoms with Crippen molar-refractivity contribution in [3.8, 4) is 5.75 Å². The number of anilines is 2. The highest BCUT2D eigenvalue weighted by atomic mass is 19.1. The first kappa shape index (κ1) is 14.9. The Kier molecular flexibility index (Phi) is 5.06. The number of rotatable bonds is 5. The lowest BCUT2D eigenvalue weighted by molar-refractivity contribution is 0.141. The second-order valence-corrected chi connectivity index (χ2v) is 5.44. The summed E-state index contributed by atoms with van der Waals surface area (Å²) < 4.78 is 18.4. The molecule has 1 aliphatic carbocycles. The number of nitrogens with two attached hydrogens (primary N) is 1. The number of methoxy groups -OCH3 is 1. The van der Waals surface area contributed by atoms with E-state index in [9.17, 15) is 9.50 Å². The maximum Gasteiger partial charge on any atom is 0.167 e. The number of aliphatic hydroxyl groups is 1. The zero-order valence-electron chi connectivity index (χ0n) is 11.9. The van der Waals surface area contributed by atoms with Crippen LogP contribution in [-0.4, -0.2) is 25.4 Å². The summed E-state index contributed by atoms with van der Waals surface area (Å²) in [7, 11) is 1.43. The summed E-state index contributed by atoms with van der Waals surface area (Å²) in [6, 6.07) is 2.85. The van der Waals surface area contributed by atoms with Crippen LogP contribution >= 0.6 is 0 Å². The molecule has 0 aliphatic heterocycles. The number of benzene rings is 1. The van der Waals surface area contributed by atoms with Gasteiger partial charge in [-0.2, -0.15) is 0 Å². The molecular weight excluding hydrogens is 259 g/mol. The Morgan fingerprint density at radius 1 is 1.35 bits per heavy atom. The van der Waals surface area contributed by atoms with E-state index < -0.39 is 5.82 Å². The van der Waals surface area contributed by atoms with Gasteiger partial charge in [0.25, 0.3) is 0 Å². The van der Waals surface area contributed by atoms with E-state index in [4.69, 9.17) is 10.5 Å². The normalized spacial score (nSPS) is 22.6. The van der Waals surface area contributed by atoms with Crippen molar-refractivity contribution in [2.45, 2.75) is 25.7 Å². The Labute approximate surface area is 119 Å². The number of ether oxygens (including phenoxy) is 1. The molecule has 0 aromatic heterocycles. The number of aliphatic hydroxyl groups excluding tert-OH is 1. The summed E-state index contributed by atoms with van der Waals surface area (Å²) in [4.78, 5) is 0. The molecule has 2 unspecified atom stereocenters. The Balaban J connectivity index is 2.02. The van der Waals surface area contributed by atoms with Crippen molar-refractivity contribution in [1.82, 2.24) is 0 Å². The molecule has 0 heterocycles. The first-order valence-electron chi connectivity index (χ1n) is 7.13.